The van der Waals surface area contributed by atoms with E-state index in [2.05, 4.69) is 21.0 Å². The van der Waals surface area contributed by atoms with E-state index in [1.54, 1.807) is 6.08 Å². The van der Waals surface area contributed by atoms with Crippen molar-refractivity contribution in [1.29, 1.82) is 0 Å². The van der Waals surface area contributed by atoms with Gasteiger partial charge in [-0.2, -0.15) is 0 Å². The minimum absolute atomic E-state index is 0.406. The summed E-state index contributed by atoms with van der Waals surface area (Å²) in [7, 11) is 0.857. The number of carbonyl (C=O) groups is 1. The number of hydrogen-bond acceptors (Lipinski definition) is 5. The van der Waals surface area contributed by atoms with E-state index in [0.717, 1.165) is 11.0 Å². The molecule has 1 aliphatic heterocycles. The van der Waals surface area contributed by atoms with Crippen LogP contribution in [0.5, 0.6) is 5.75 Å². The molecule has 2 rings (SSSR count). The Hall–Kier alpha value is -1.31. The summed E-state index contributed by atoms with van der Waals surface area (Å²) < 4.78 is 21.8. The van der Waals surface area contributed by atoms with Crippen LogP contribution in [-0.2, 0) is 18.8 Å². The standard InChI is InChI=1S/C16H20BBrO5/c1-15(2)16(3,4)23-17(22-15)12-8-6-11(13(10-12)21-18)7-9-14(19)20-5/h6-10H,1-5H3/b9-7+. The van der Waals surface area contributed by atoms with E-state index in [1.807, 2.05) is 45.9 Å². The maximum atomic E-state index is 11.2. The van der Waals surface area contributed by atoms with Crippen LogP contribution in [0.25, 0.3) is 6.08 Å². The van der Waals surface area contributed by atoms with Gasteiger partial charge in [0.1, 0.15) is 5.75 Å². The fourth-order valence-corrected chi connectivity index (χ4v) is 2.39. The van der Waals surface area contributed by atoms with Crippen LogP contribution in [0.15, 0.2) is 24.3 Å². The Morgan fingerprint density at radius 2 is 1.83 bits per heavy atom. The predicted molar refractivity (Wildman–Crippen MR) is 92.8 cm³/mol. The molecule has 0 saturated carbocycles. The molecule has 1 heterocycles. The molecule has 1 aromatic carbocycles. The van der Waals surface area contributed by atoms with Crippen LogP contribution in [-0.4, -0.2) is 31.4 Å². The molecule has 0 N–H and O–H groups in total. The highest BCUT2D eigenvalue weighted by Crippen LogP contribution is 2.36. The van der Waals surface area contributed by atoms with E-state index in [4.69, 9.17) is 13.1 Å². The SMILES string of the molecule is COC(=O)/C=C/c1ccc(B2OC(C)(C)C(C)(C)O2)cc1OBr. The van der Waals surface area contributed by atoms with Gasteiger partial charge in [-0.05, 0) is 45.3 Å². The lowest BCUT2D eigenvalue weighted by Gasteiger charge is -2.32. The fraction of sp³-hybridized carbons (Fsp3) is 0.438. The zero-order valence-electron chi connectivity index (χ0n) is 13.9. The van der Waals surface area contributed by atoms with Gasteiger partial charge in [0, 0.05) is 11.6 Å². The summed E-state index contributed by atoms with van der Waals surface area (Å²) in [6, 6.07) is 5.53. The monoisotopic (exact) mass is 382 g/mol. The number of rotatable bonds is 4. The van der Waals surface area contributed by atoms with E-state index in [9.17, 15) is 4.79 Å². The largest absolute Gasteiger partial charge is 0.494 e. The molecule has 0 amide bonds. The number of ether oxygens (including phenoxy) is 1. The van der Waals surface area contributed by atoms with Gasteiger partial charge in [-0.15, -0.1) is 0 Å². The summed E-state index contributed by atoms with van der Waals surface area (Å²) in [5.74, 6) is 0.123. The summed E-state index contributed by atoms with van der Waals surface area (Å²) >= 11 is 2.99. The average molecular weight is 383 g/mol. The zero-order valence-corrected chi connectivity index (χ0v) is 15.5. The second-order valence-corrected chi connectivity index (χ2v) is 6.64. The average Bonchev–Trinajstić information content (AvgIpc) is 2.72. The van der Waals surface area contributed by atoms with Crippen LogP contribution in [0.4, 0.5) is 0 Å². The summed E-state index contributed by atoms with van der Waals surface area (Å²) in [5, 5.41) is 0. The molecular formula is C16H20BBrO5. The molecule has 0 aromatic heterocycles. The Bertz CT molecular complexity index is 611. The Balaban J connectivity index is 2.27. The summed E-state index contributed by atoms with van der Waals surface area (Å²) in [5.41, 5.74) is 0.758. The van der Waals surface area contributed by atoms with Gasteiger partial charge in [-0.25, -0.2) is 4.79 Å². The van der Waals surface area contributed by atoms with Crippen LogP contribution in [0.3, 0.4) is 0 Å². The first-order valence-corrected chi connectivity index (χ1v) is 7.89. The minimum Gasteiger partial charge on any atom is -0.466 e. The Kier molecular flexibility index (Phi) is 5.23. The minimum atomic E-state index is -0.472. The maximum Gasteiger partial charge on any atom is 0.494 e. The summed E-state index contributed by atoms with van der Waals surface area (Å²) in [6.07, 6.45) is 2.95. The van der Waals surface area contributed by atoms with Crippen LogP contribution in [0, 0.1) is 0 Å². The highest BCUT2D eigenvalue weighted by atomic mass is 79.9. The molecule has 0 atom stereocenters. The molecule has 0 radical (unpaired) electrons. The number of methoxy groups -OCH3 is 1. The number of benzene rings is 1. The second-order valence-electron chi connectivity index (χ2n) is 6.32. The molecule has 0 bridgehead atoms. The molecule has 124 valence electrons. The van der Waals surface area contributed by atoms with Crippen LogP contribution < -0.4 is 9.29 Å². The molecular weight excluding hydrogens is 363 g/mol. The number of halogens is 1. The third kappa shape index (κ3) is 3.79. The van der Waals surface area contributed by atoms with Gasteiger partial charge < -0.3 is 17.9 Å². The summed E-state index contributed by atoms with van der Waals surface area (Å²) in [6.45, 7) is 8.01. The van der Waals surface area contributed by atoms with Crippen molar-refractivity contribution in [2.75, 3.05) is 7.11 Å². The third-order valence-electron chi connectivity index (χ3n) is 4.25. The topological polar surface area (TPSA) is 54.0 Å². The zero-order chi connectivity index (χ0) is 17.3. The molecule has 7 heteroatoms. The lowest BCUT2D eigenvalue weighted by atomic mass is 9.78. The predicted octanol–water partition coefficient (Wildman–Crippen LogP) is 2.86. The second kappa shape index (κ2) is 6.67. The Morgan fingerprint density at radius 3 is 2.35 bits per heavy atom. The number of hydrogen-bond donors (Lipinski definition) is 0. The van der Waals surface area contributed by atoms with Gasteiger partial charge in [-0.1, -0.05) is 12.1 Å². The highest BCUT2D eigenvalue weighted by molar-refractivity contribution is 9.06. The molecule has 0 spiro atoms. The lowest BCUT2D eigenvalue weighted by Crippen LogP contribution is -2.41. The molecule has 1 aromatic rings. The van der Waals surface area contributed by atoms with Crippen molar-refractivity contribution in [2.24, 2.45) is 0 Å². The molecule has 1 fully saturated rings. The fourth-order valence-electron chi connectivity index (χ4n) is 2.11. The third-order valence-corrected chi connectivity index (χ3v) is 4.60. The first-order chi connectivity index (χ1) is 10.7. The van der Waals surface area contributed by atoms with E-state index in [1.165, 1.54) is 13.2 Å². The van der Waals surface area contributed by atoms with E-state index < -0.39 is 24.3 Å². The molecule has 1 saturated heterocycles. The maximum absolute atomic E-state index is 11.2. The Labute approximate surface area is 145 Å². The van der Waals surface area contributed by atoms with E-state index in [-0.39, 0.29) is 0 Å². The smallest absolute Gasteiger partial charge is 0.466 e. The number of esters is 1. The van der Waals surface area contributed by atoms with Crippen molar-refractivity contribution in [3.05, 3.63) is 29.8 Å². The molecule has 23 heavy (non-hydrogen) atoms. The van der Waals surface area contributed by atoms with Crippen LogP contribution in [0.2, 0.25) is 0 Å². The van der Waals surface area contributed by atoms with Gasteiger partial charge in [0.2, 0.25) is 0 Å². The van der Waals surface area contributed by atoms with E-state index in [0.29, 0.717) is 5.75 Å². The van der Waals surface area contributed by atoms with Gasteiger partial charge in [0.25, 0.3) is 0 Å². The van der Waals surface area contributed by atoms with Crippen molar-refractivity contribution >= 4 is 40.9 Å². The first-order valence-electron chi connectivity index (χ1n) is 7.24. The van der Waals surface area contributed by atoms with Gasteiger partial charge >= 0.3 is 13.1 Å². The normalized spacial score (nSPS) is 19.1. The van der Waals surface area contributed by atoms with Crippen molar-refractivity contribution in [2.45, 2.75) is 38.9 Å². The quantitative estimate of drug-likeness (QED) is 0.455. The molecule has 0 aliphatic carbocycles. The van der Waals surface area contributed by atoms with Crippen molar-refractivity contribution in [3.63, 3.8) is 0 Å². The number of carbonyl (C=O) groups excluding carboxylic acids is 1. The Morgan fingerprint density at radius 1 is 1.22 bits per heavy atom. The molecule has 0 unspecified atom stereocenters. The first kappa shape index (κ1) is 18.0. The molecule has 5 nitrogen and oxygen atoms in total. The van der Waals surface area contributed by atoms with Gasteiger partial charge in [-0.3, -0.25) is 0 Å². The van der Waals surface area contributed by atoms with Crippen molar-refractivity contribution < 1.29 is 22.7 Å². The molecule has 1 aliphatic rings. The van der Waals surface area contributed by atoms with Gasteiger partial charge in [0.15, 0.2) is 16.3 Å². The van der Waals surface area contributed by atoms with E-state index >= 15 is 0 Å². The van der Waals surface area contributed by atoms with Crippen LogP contribution >= 0.6 is 16.3 Å². The van der Waals surface area contributed by atoms with Gasteiger partial charge in [0.05, 0.1) is 18.3 Å². The van der Waals surface area contributed by atoms with Crippen molar-refractivity contribution in [3.8, 4) is 5.75 Å². The lowest BCUT2D eigenvalue weighted by molar-refractivity contribution is -0.134. The highest BCUT2D eigenvalue weighted by Gasteiger charge is 2.51. The summed E-state index contributed by atoms with van der Waals surface area (Å²) in [4.78, 5) is 11.2. The van der Waals surface area contributed by atoms with Crippen LogP contribution in [0.1, 0.15) is 33.3 Å². The van der Waals surface area contributed by atoms with Crippen molar-refractivity contribution in [1.82, 2.24) is 0 Å².